The van der Waals surface area contributed by atoms with Crippen molar-refractivity contribution in [1.82, 2.24) is 4.90 Å². The zero-order chi connectivity index (χ0) is 12.5. The maximum Gasteiger partial charge on any atom is 0.410 e. The quantitative estimate of drug-likeness (QED) is 0.648. The van der Waals surface area contributed by atoms with Gasteiger partial charge in [-0.2, -0.15) is 0 Å². The molecule has 0 spiro atoms. The first-order chi connectivity index (χ1) is 7.96. The molecular weight excluding hydrogens is 214 g/mol. The summed E-state index contributed by atoms with van der Waals surface area (Å²) in [5, 5.41) is 0. The van der Waals surface area contributed by atoms with E-state index in [0.717, 1.165) is 24.9 Å². The molecule has 1 heterocycles. The Morgan fingerprint density at radius 2 is 1.59 bits per heavy atom. The molecule has 3 nitrogen and oxygen atoms in total. The minimum Gasteiger partial charge on any atom is -0.444 e. The van der Waals surface area contributed by atoms with E-state index in [4.69, 9.17) is 4.74 Å². The lowest BCUT2D eigenvalue weighted by Crippen LogP contribution is -2.35. The lowest BCUT2D eigenvalue weighted by atomic mass is 9.92. The van der Waals surface area contributed by atoms with Gasteiger partial charge in [0.05, 0.1) is 0 Å². The summed E-state index contributed by atoms with van der Waals surface area (Å²) in [7, 11) is 0. The van der Waals surface area contributed by atoms with Gasteiger partial charge in [0.25, 0.3) is 0 Å². The zero-order valence-electron chi connectivity index (χ0n) is 11.4. The van der Waals surface area contributed by atoms with Crippen molar-refractivity contribution in [1.29, 1.82) is 0 Å². The van der Waals surface area contributed by atoms with Gasteiger partial charge in [-0.1, -0.05) is 19.3 Å². The van der Waals surface area contributed by atoms with Crippen molar-refractivity contribution in [3.8, 4) is 0 Å². The molecule has 1 saturated heterocycles. The molecule has 1 aliphatic heterocycles. The number of carbonyl (C=O) groups excluding carboxylic acids is 1. The highest BCUT2D eigenvalue weighted by Gasteiger charge is 2.37. The predicted octanol–water partition coefficient (Wildman–Crippen LogP) is 3.43. The Morgan fingerprint density at radius 3 is 2.06 bits per heavy atom. The van der Waals surface area contributed by atoms with Crippen LogP contribution in [-0.4, -0.2) is 29.7 Å². The number of hydrogen-bond acceptors (Lipinski definition) is 2. The number of carbonyl (C=O) groups is 1. The van der Waals surface area contributed by atoms with Crippen LogP contribution in [0.15, 0.2) is 0 Å². The summed E-state index contributed by atoms with van der Waals surface area (Å²) in [4.78, 5) is 13.9. The van der Waals surface area contributed by atoms with Crippen LogP contribution in [0.3, 0.4) is 0 Å². The van der Waals surface area contributed by atoms with Crippen molar-refractivity contribution in [3.05, 3.63) is 0 Å². The van der Waals surface area contributed by atoms with Crippen LogP contribution in [0.25, 0.3) is 0 Å². The number of likely N-dealkylation sites (tertiary alicyclic amines) is 1. The van der Waals surface area contributed by atoms with Gasteiger partial charge in [-0.15, -0.1) is 0 Å². The second kappa shape index (κ2) is 4.87. The molecular formula is C14H25NO2. The summed E-state index contributed by atoms with van der Waals surface area (Å²) in [5.74, 6) is 1.45. The summed E-state index contributed by atoms with van der Waals surface area (Å²) in [6.07, 6.45) is 6.52. The fraction of sp³-hybridized carbons (Fsp3) is 0.929. The van der Waals surface area contributed by atoms with Crippen molar-refractivity contribution >= 4 is 6.09 Å². The lowest BCUT2D eigenvalue weighted by Gasteiger charge is -2.24. The molecule has 98 valence electrons. The number of fused-ring (bicyclic) bond motifs is 1. The second-order valence-corrected chi connectivity index (χ2v) is 6.54. The Kier molecular flexibility index (Phi) is 3.64. The third-order valence-corrected chi connectivity index (χ3v) is 3.88. The molecule has 2 fully saturated rings. The number of rotatable bonds is 0. The van der Waals surface area contributed by atoms with E-state index in [1.807, 2.05) is 25.7 Å². The molecule has 0 radical (unpaired) electrons. The van der Waals surface area contributed by atoms with E-state index in [1.54, 1.807) is 0 Å². The summed E-state index contributed by atoms with van der Waals surface area (Å²) in [6, 6.07) is 0. The number of ether oxygens (including phenoxy) is 1. The van der Waals surface area contributed by atoms with Gasteiger partial charge in [-0.25, -0.2) is 4.79 Å². The predicted molar refractivity (Wildman–Crippen MR) is 67.9 cm³/mol. The SMILES string of the molecule is CC(C)(C)OC(=O)N1CC2CCCCCC2C1. The van der Waals surface area contributed by atoms with Crippen LogP contribution in [0.1, 0.15) is 52.9 Å². The van der Waals surface area contributed by atoms with Crippen molar-refractivity contribution in [2.24, 2.45) is 11.8 Å². The van der Waals surface area contributed by atoms with Gasteiger partial charge < -0.3 is 9.64 Å². The summed E-state index contributed by atoms with van der Waals surface area (Å²) >= 11 is 0. The Morgan fingerprint density at radius 1 is 1.06 bits per heavy atom. The molecule has 0 N–H and O–H groups in total. The first kappa shape index (κ1) is 12.7. The van der Waals surface area contributed by atoms with E-state index in [1.165, 1.54) is 32.1 Å². The van der Waals surface area contributed by atoms with Crippen LogP contribution in [0.4, 0.5) is 4.79 Å². The molecule has 17 heavy (non-hydrogen) atoms. The molecule has 2 rings (SSSR count). The molecule has 1 amide bonds. The van der Waals surface area contributed by atoms with Gasteiger partial charge in [0.1, 0.15) is 5.60 Å². The monoisotopic (exact) mass is 239 g/mol. The molecule has 2 atom stereocenters. The number of nitrogens with zero attached hydrogens (tertiary/aromatic N) is 1. The summed E-state index contributed by atoms with van der Waals surface area (Å²) < 4.78 is 5.45. The van der Waals surface area contributed by atoms with Crippen LogP contribution in [0.5, 0.6) is 0 Å². The Hall–Kier alpha value is -0.730. The smallest absolute Gasteiger partial charge is 0.410 e. The molecule has 3 heteroatoms. The van der Waals surface area contributed by atoms with Crippen LogP contribution in [0.2, 0.25) is 0 Å². The topological polar surface area (TPSA) is 29.5 Å². The van der Waals surface area contributed by atoms with Gasteiger partial charge in [-0.05, 0) is 45.4 Å². The fourth-order valence-electron chi connectivity index (χ4n) is 3.06. The zero-order valence-corrected chi connectivity index (χ0v) is 11.4. The minimum absolute atomic E-state index is 0.120. The van der Waals surface area contributed by atoms with E-state index in [9.17, 15) is 4.79 Å². The summed E-state index contributed by atoms with van der Waals surface area (Å²) in [5.41, 5.74) is -0.373. The third-order valence-electron chi connectivity index (χ3n) is 3.88. The highest BCUT2D eigenvalue weighted by atomic mass is 16.6. The van der Waals surface area contributed by atoms with Crippen molar-refractivity contribution in [2.75, 3.05) is 13.1 Å². The fourth-order valence-corrected chi connectivity index (χ4v) is 3.06. The first-order valence-corrected chi connectivity index (χ1v) is 6.93. The van der Waals surface area contributed by atoms with Gasteiger partial charge in [0, 0.05) is 13.1 Å². The lowest BCUT2D eigenvalue weighted by molar-refractivity contribution is 0.0282. The average Bonchev–Trinajstić information content (AvgIpc) is 2.48. The van der Waals surface area contributed by atoms with Crippen LogP contribution in [-0.2, 0) is 4.74 Å². The van der Waals surface area contributed by atoms with Crippen LogP contribution >= 0.6 is 0 Å². The van der Waals surface area contributed by atoms with Crippen molar-refractivity contribution in [3.63, 3.8) is 0 Å². The molecule has 0 aromatic rings. The Balaban J connectivity index is 1.90. The first-order valence-electron chi connectivity index (χ1n) is 6.93. The van der Waals surface area contributed by atoms with Gasteiger partial charge in [0.2, 0.25) is 0 Å². The standard InChI is InChI=1S/C14H25NO2/c1-14(2,3)17-13(16)15-9-11-7-5-4-6-8-12(11)10-15/h11-12H,4-10H2,1-3H3. The van der Waals surface area contributed by atoms with E-state index in [-0.39, 0.29) is 11.7 Å². The molecule has 2 aliphatic rings. The summed E-state index contributed by atoms with van der Waals surface area (Å²) in [6.45, 7) is 7.62. The molecule has 1 saturated carbocycles. The Labute approximate surface area is 105 Å². The van der Waals surface area contributed by atoms with E-state index < -0.39 is 0 Å². The van der Waals surface area contributed by atoms with Crippen LogP contribution in [0, 0.1) is 11.8 Å². The normalized spacial score (nSPS) is 29.7. The second-order valence-electron chi connectivity index (χ2n) is 6.54. The molecule has 0 aromatic carbocycles. The molecule has 1 aliphatic carbocycles. The Bertz CT molecular complexity index is 268. The van der Waals surface area contributed by atoms with Crippen LogP contribution < -0.4 is 0 Å². The van der Waals surface area contributed by atoms with Gasteiger partial charge >= 0.3 is 6.09 Å². The highest BCUT2D eigenvalue weighted by molar-refractivity contribution is 5.68. The van der Waals surface area contributed by atoms with E-state index in [2.05, 4.69) is 0 Å². The highest BCUT2D eigenvalue weighted by Crippen LogP contribution is 2.35. The molecule has 0 aromatic heterocycles. The van der Waals surface area contributed by atoms with Crippen molar-refractivity contribution in [2.45, 2.75) is 58.5 Å². The van der Waals surface area contributed by atoms with Crippen molar-refractivity contribution < 1.29 is 9.53 Å². The number of hydrogen-bond donors (Lipinski definition) is 0. The number of amides is 1. The molecule has 0 bridgehead atoms. The minimum atomic E-state index is -0.373. The average molecular weight is 239 g/mol. The van der Waals surface area contributed by atoms with Gasteiger partial charge in [-0.3, -0.25) is 0 Å². The van der Waals surface area contributed by atoms with E-state index >= 15 is 0 Å². The third kappa shape index (κ3) is 3.36. The molecule has 2 unspecified atom stereocenters. The maximum atomic E-state index is 12.0. The van der Waals surface area contributed by atoms with Gasteiger partial charge in [0.15, 0.2) is 0 Å². The maximum absolute atomic E-state index is 12.0. The van der Waals surface area contributed by atoms with E-state index in [0.29, 0.717) is 0 Å². The largest absolute Gasteiger partial charge is 0.444 e.